The molecule has 1 aromatic heterocycles. The zero-order valence-electron chi connectivity index (χ0n) is 14.7. The number of benzene rings is 1. The van der Waals surface area contributed by atoms with Crippen molar-refractivity contribution in [2.45, 2.75) is 19.0 Å². The highest BCUT2D eigenvalue weighted by molar-refractivity contribution is 6.04. The first kappa shape index (κ1) is 20.2. The van der Waals surface area contributed by atoms with Crippen molar-refractivity contribution >= 4 is 23.3 Å². The Morgan fingerprint density at radius 1 is 1.19 bits per heavy atom. The quantitative estimate of drug-likeness (QED) is 0.421. The molecular weight excluding hydrogens is 354 g/mol. The fraction of sp³-hybridized carbons (Fsp3) is 0.294. The van der Waals surface area contributed by atoms with Gasteiger partial charge < -0.3 is 26.6 Å². The molecule has 0 spiro atoms. The van der Waals surface area contributed by atoms with Crippen LogP contribution in [0.5, 0.6) is 0 Å². The third-order valence-corrected chi connectivity index (χ3v) is 3.71. The van der Waals surface area contributed by atoms with Crippen LogP contribution in [0, 0.1) is 0 Å². The van der Waals surface area contributed by atoms with E-state index < -0.39 is 29.6 Å². The lowest BCUT2D eigenvalue weighted by Crippen LogP contribution is -2.51. The topological polar surface area (TPSA) is 160 Å². The van der Waals surface area contributed by atoms with Crippen LogP contribution in [0.15, 0.2) is 41.3 Å². The second-order valence-electron chi connectivity index (χ2n) is 6.07. The van der Waals surface area contributed by atoms with Gasteiger partial charge in [0.1, 0.15) is 11.4 Å². The van der Waals surface area contributed by atoms with Crippen LogP contribution in [0.25, 0.3) is 0 Å². The molecule has 27 heavy (non-hydrogen) atoms. The van der Waals surface area contributed by atoms with Gasteiger partial charge in [0.15, 0.2) is 0 Å². The molecule has 10 heteroatoms. The van der Waals surface area contributed by atoms with Gasteiger partial charge in [-0.25, -0.2) is 4.79 Å². The van der Waals surface area contributed by atoms with E-state index in [2.05, 4.69) is 15.6 Å². The molecule has 2 aromatic rings. The van der Waals surface area contributed by atoms with E-state index in [0.717, 1.165) is 0 Å². The second-order valence-corrected chi connectivity index (χ2v) is 6.07. The molecule has 0 radical (unpaired) electrons. The highest BCUT2D eigenvalue weighted by Gasteiger charge is 2.27. The smallest absolute Gasteiger partial charge is 0.349 e. The van der Waals surface area contributed by atoms with Crippen molar-refractivity contribution in [3.63, 3.8) is 0 Å². The van der Waals surface area contributed by atoms with E-state index >= 15 is 0 Å². The summed E-state index contributed by atoms with van der Waals surface area (Å²) < 4.78 is 1.21. The molecular formula is C17H21N5O5. The van der Waals surface area contributed by atoms with Crippen molar-refractivity contribution in [1.82, 2.24) is 9.55 Å². The van der Waals surface area contributed by atoms with Gasteiger partial charge in [0.2, 0.25) is 5.91 Å². The first-order valence-electron chi connectivity index (χ1n) is 8.08. The lowest BCUT2D eigenvalue weighted by Gasteiger charge is -2.20. The number of carbonyl (C=O) groups excluding carboxylic acids is 2. The summed E-state index contributed by atoms with van der Waals surface area (Å²) in [7, 11) is 0. The SMILES string of the molecule is CC(N)(CO)C(=O)Nc1ccc(C(=O)Nc2ccn(CCO)c(=O)n2)cc1. The van der Waals surface area contributed by atoms with E-state index in [1.54, 1.807) is 0 Å². The molecule has 1 aromatic carbocycles. The minimum atomic E-state index is -1.42. The number of aromatic nitrogens is 2. The molecule has 0 fully saturated rings. The average Bonchev–Trinajstić information content (AvgIpc) is 2.64. The summed E-state index contributed by atoms with van der Waals surface area (Å²) in [6.07, 6.45) is 1.42. The summed E-state index contributed by atoms with van der Waals surface area (Å²) in [5, 5.41) is 23.0. The standard InChI is InChI=1S/C17H21N5O5/c1-17(18,10-24)15(26)19-12-4-2-11(3-5-12)14(25)20-13-6-7-22(8-9-23)16(27)21-13/h2-7,23-24H,8-10,18H2,1H3,(H,19,26)(H,20,21,25,27). The molecule has 1 heterocycles. The van der Waals surface area contributed by atoms with E-state index in [1.807, 2.05) is 0 Å². The number of aliphatic hydroxyl groups excluding tert-OH is 2. The van der Waals surface area contributed by atoms with Crippen molar-refractivity contribution in [2.75, 3.05) is 23.8 Å². The van der Waals surface area contributed by atoms with Gasteiger partial charge in [-0.3, -0.25) is 14.2 Å². The Bertz CT molecular complexity index is 876. The minimum Gasteiger partial charge on any atom is -0.395 e. The van der Waals surface area contributed by atoms with Gasteiger partial charge in [-0.2, -0.15) is 4.98 Å². The number of amides is 2. The molecule has 0 aliphatic rings. The molecule has 2 rings (SSSR count). The number of nitrogens with two attached hydrogens (primary N) is 1. The third-order valence-electron chi connectivity index (χ3n) is 3.71. The first-order chi connectivity index (χ1) is 12.8. The van der Waals surface area contributed by atoms with E-state index in [4.69, 9.17) is 15.9 Å². The number of nitrogens with one attached hydrogen (secondary N) is 2. The van der Waals surface area contributed by atoms with E-state index in [9.17, 15) is 14.4 Å². The van der Waals surface area contributed by atoms with Crippen molar-refractivity contribution in [3.8, 4) is 0 Å². The molecule has 2 amide bonds. The molecule has 0 saturated carbocycles. The minimum absolute atomic E-state index is 0.0819. The molecule has 6 N–H and O–H groups in total. The van der Waals surface area contributed by atoms with Gasteiger partial charge in [0.05, 0.1) is 19.8 Å². The Labute approximate surface area is 154 Å². The lowest BCUT2D eigenvalue weighted by molar-refractivity contribution is -0.121. The molecule has 10 nitrogen and oxygen atoms in total. The normalized spacial score (nSPS) is 12.9. The number of carbonyl (C=O) groups is 2. The zero-order valence-corrected chi connectivity index (χ0v) is 14.7. The van der Waals surface area contributed by atoms with Crippen LogP contribution in [0.1, 0.15) is 17.3 Å². The predicted molar refractivity (Wildman–Crippen MR) is 98.3 cm³/mol. The van der Waals surface area contributed by atoms with Gasteiger partial charge >= 0.3 is 5.69 Å². The number of hydrogen-bond acceptors (Lipinski definition) is 7. The monoisotopic (exact) mass is 375 g/mol. The summed E-state index contributed by atoms with van der Waals surface area (Å²) in [4.78, 5) is 39.6. The Balaban J connectivity index is 2.04. The maximum absolute atomic E-state index is 12.2. The third kappa shape index (κ3) is 5.20. The van der Waals surface area contributed by atoms with Gasteiger partial charge in [0.25, 0.3) is 5.91 Å². The van der Waals surface area contributed by atoms with Crippen molar-refractivity contribution < 1.29 is 19.8 Å². The molecule has 144 valence electrons. The van der Waals surface area contributed by atoms with E-state index in [1.165, 1.54) is 48.0 Å². The van der Waals surface area contributed by atoms with Gasteiger partial charge in [-0.05, 0) is 37.3 Å². The fourth-order valence-corrected chi connectivity index (χ4v) is 2.02. The fourth-order valence-electron chi connectivity index (χ4n) is 2.02. The molecule has 0 bridgehead atoms. The number of aliphatic hydroxyl groups is 2. The van der Waals surface area contributed by atoms with Gasteiger partial charge in [0, 0.05) is 17.4 Å². The van der Waals surface area contributed by atoms with Crippen LogP contribution in [0.4, 0.5) is 11.5 Å². The molecule has 0 aliphatic heterocycles. The maximum atomic E-state index is 12.2. The Kier molecular flexibility index (Phi) is 6.40. The second kappa shape index (κ2) is 8.54. The Morgan fingerprint density at radius 2 is 1.85 bits per heavy atom. The summed E-state index contributed by atoms with van der Waals surface area (Å²) >= 11 is 0. The maximum Gasteiger partial charge on any atom is 0.349 e. The van der Waals surface area contributed by atoms with Crippen LogP contribution < -0.4 is 22.1 Å². The summed E-state index contributed by atoms with van der Waals surface area (Å²) in [5.41, 5.74) is 4.32. The van der Waals surface area contributed by atoms with Crippen LogP contribution in [-0.4, -0.2) is 50.3 Å². The summed E-state index contributed by atoms with van der Waals surface area (Å²) in [6, 6.07) is 7.41. The largest absolute Gasteiger partial charge is 0.395 e. The molecule has 0 saturated heterocycles. The van der Waals surface area contributed by atoms with E-state index in [0.29, 0.717) is 5.69 Å². The lowest BCUT2D eigenvalue weighted by atomic mass is 10.0. The number of anilines is 2. The van der Waals surface area contributed by atoms with Crippen molar-refractivity contribution in [2.24, 2.45) is 5.73 Å². The highest BCUT2D eigenvalue weighted by Crippen LogP contribution is 2.13. The summed E-state index contributed by atoms with van der Waals surface area (Å²) in [6.45, 7) is 0.804. The Hall–Kier alpha value is -3.08. The zero-order chi connectivity index (χ0) is 20.0. The summed E-state index contributed by atoms with van der Waals surface area (Å²) in [5.74, 6) is -0.966. The van der Waals surface area contributed by atoms with E-state index in [-0.39, 0.29) is 24.5 Å². The average molecular weight is 375 g/mol. The number of rotatable bonds is 7. The molecule has 1 atom stereocenters. The van der Waals surface area contributed by atoms with Gasteiger partial charge in [-0.1, -0.05) is 0 Å². The molecule has 1 unspecified atom stereocenters. The first-order valence-corrected chi connectivity index (χ1v) is 8.08. The van der Waals surface area contributed by atoms with Crippen molar-refractivity contribution in [3.05, 3.63) is 52.6 Å². The van der Waals surface area contributed by atoms with Crippen LogP contribution in [0.2, 0.25) is 0 Å². The highest BCUT2D eigenvalue weighted by atomic mass is 16.3. The number of hydrogen-bond donors (Lipinski definition) is 5. The van der Waals surface area contributed by atoms with Crippen LogP contribution in [0.3, 0.4) is 0 Å². The number of nitrogens with zero attached hydrogens (tertiary/aromatic N) is 2. The van der Waals surface area contributed by atoms with Gasteiger partial charge in [-0.15, -0.1) is 0 Å². The van der Waals surface area contributed by atoms with Crippen LogP contribution >= 0.6 is 0 Å². The predicted octanol–water partition coefficient (Wildman–Crippen LogP) is -0.864. The van der Waals surface area contributed by atoms with Crippen LogP contribution in [-0.2, 0) is 11.3 Å². The van der Waals surface area contributed by atoms with Crippen molar-refractivity contribution in [1.29, 1.82) is 0 Å². The Morgan fingerprint density at radius 3 is 2.41 bits per heavy atom. The molecule has 0 aliphatic carbocycles.